The molecule has 2 fully saturated rings. The highest BCUT2D eigenvalue weighted by molar-refractivity contribution is 5.82. The van der Waals surface area contributed by atoms with Gasteiger partial charge in [-0.05, 0) is 38.5 Å². The number of rotatable bonds is 6. The zero-order valence-electron chi connectivity index (χ0n) is 15.3. The molecule has 5 heteroatoms. The third kappa shape index (κ3) is 8.78. The van der Waals surface area contributed by atoms with Gasteiger partial charge in [0.15, 0.2) is 0 Å². The topological polar surface area (TPSA) is 89.6 Å². The van der Waals surface area contributed by atoms with E-state index >= 15 is 0 Å². The van der Waals surface area contributed by atoms with Gasteiger partial charge in [-0.1, -0.05) is 33.1 Å². The lowest BCUT2D eigenvalue weighted by atomic mass is 9.83. The van der Waals surface area contributed by atoms with Crippen molar-refractivity contribution in [1.29, 1.82) is 0 Å². The summed E-state index contributed by atoms with van der Waals surface area (Å²) < 4.78 is 5.43. The van der Waals surface area contributed by atoms with Crippen LogP contribution in [0.5, 0.6) is 0 Å². The van der Waals surface area contributed by atoms with Crippen molar-refractivity contribution in [3.63, 3.8) is 0 Å². The van der Waals surface area contributed by atoms with E-state index in [0.29, 0.717) is 24.7 Å². The van der Waals surface area contributed by atoms with Crippen molar-refractivity contribution in [3.8, 4) is 0 Å². The largest absolute Gasteiger partial charge is 0.393 e. The molecule has 24 heavy (non-hydrogen) atoms. The number of aliphatic hydroxyl groups is 1. The van der Waals surface area contributed by atoms with Gasteiger partial charge in [-0.2, -0.15) is 0 Å². The molecule has 1 amide bonds. The van der Waals surface area contributed by atoms with Crippen LogP contribution >= 0.6 is 0 Å². The van der Waals surface area contributed by atoms with Crippen LogP contribution in [0.4, 0.5) is 0 Å². The summed E-state index contributed by atoms with van der Waals surface area (Å²) in [4.78, 5) is 21.9. The molecule has 0 aromatic rings. The molecule has 2 rings (SSSR count). The Bertz CT molecular complexity index is 370. The lowest BCUT2D eigenvalue weighted by Gasteiger charge is -2.25. The van der Waals surface area contributed by atoms with Gasteiger partial charge in [-0.3, -0.25) is 9.59 Å². The second-order valence-electron chi connectivity index (χ2n) is 7.41. The summed E-state index contributed by atoms with van der Waals surface area (Å²) in [5, 5.41) is 9.21. The second-order valence-corrected chi connectivity index (χ2v) is 7.41. The van der Waals surface area contributed by atoms with E-state index < -0.39 is 0 Å². The molecule has 0 bridgehead atoms. The molecule has 0 spiro atoms. The van der Waals surface area contributed by atoms with Gasteiger partial charge in [0.25, 0.3) is 0 Å². The maximum atomic E-state index is 11.5. The van der Waals surface area contributed by atoms with Crippen molar-refractivity contribution in [2.45, 2.75) is 90.3 Å². The van der Waals surface area contributed by atoms with Gasteiger partial charge in [0.2, 0.25) is 5.91 Å². The summed E-state index contributed by atoms with van der Waals surface area (Å²) >= 11 is 0. The van der Waals surface area contributed by atoms with Gasteiger partial charge >= 0.3 is 0 Å². The van der Waals surface area contributed by atoms with E-state index in [4.69, 9.17) is 10.5 Å². The van der Waals surface area contributed by atoms with Crippen molar-refractivity contribution < 1.29 is 19.4 Å². The Morgan fingerprint density at radius 3 is 2.12 bits per heavy atom. The van der Waals surface area contributed by atoms with Crippen LogP contribution in [0, 0.1) is 11.8 Å². The monoisotopic (exact) mass is 341 g/mol. The van der Waals surface area contributed by atoms with Crippen LogP contribution in [0.15, 0.2) is 0 Å². The van der Waals surface area contributed by atoms with E-state index in [1.54, 1.807) is 0 Å². The Labute approximate surface area is 146 Å². The number of hydrogen-bond acceptors (Lipinski definition) is 4. The normalized spacial score (nSPS) is 25.0. The van der Waals surface area contributed by atoms with Crippen molar-refractivity contribution >= 4 is 11.7 Å². The van der Waals surface area contributed by atoms with Crippen LogP contribution in [0.2, 0.25) is 0 Å². The number of carbonyl (C=O) groups excluding carboxylic acids is 2. The molecule has 2 saturated carbocycles. The molecule has 0 aromatic carbocycles. The van der Waals surface area contributed by atoms with Crippen LogP contribution in [0.3, 0.4) is 0 Å². The van der Waals surface area contributed by atoms with Crippen molar-refractivity contribution in [3.05, 3.63) is 0 Å². The highest BCUT2D eigenvalue weighted by Gasteiger charge is 2.22. The van der Waals surface area contributed by atoms with E-state index in [2.05, 4.69) is 0 Å². The molecule has 0 aliphatic heterocycles. The molecule has 2 aliphatic carbocycles. The first-order valence-corrected chi connectivity index (χ1v) is 9.51. The lowest BCUT2D eigenvalue weighted by Crippen LogP contribution is -2.25. The van der Waals surface area contributed by atoms with Crippen molar-refractivity contribution in [1.82, 2.24) is 0 Å². The maximum absolute atomic E-state index is 11.5. The molecule has 0 aromatic heterocycles. The van der Waals surface area contributed by atoms with Gasteiger partial charge in [0.05, 0.1) is 18.8 Å². The number of hydrogen-bond donors (Lipinski definition) is 2. The Morgan fingerprint density at radius 2 is 1.62 bits per heavy atom. The molecule has 0 atom stereocenters. The number of carbonyl (C=O) groups is 2. The van der Waals surface area contributed by atoms with Crippen LogP contribution in [-0.2, 0) is 14.3 Å². The van der Waals surface area contributed by atoms with Crippen LogP contribution in [0.25, 0.3) is 0 Å². The fourth-order valence-corrected chi connectivity index (χ4v) is 3.40. The summed E-state index contributed by atoms with van der Waals surface area (Å²) in [5.74, 6) is 0.822. The first kappa shape index (κ1) is 21.1. The first-order valence-electron chi connectivity index (χ1n) is 9.51. The molecule has 140 valence electrons. The van der Waals surface area contributed by atoms with Gasteiger partial charge in [-0.25, -0.2) is 0 Å². The molecular formula is C19H35NO4. The zero-order chi connectivity index (χ0) is 17.9. The minimum absolute atomic E-state index is 0.156. The summed E-state index contributed by atoms with van der Waals surface area (Å²) in [6.07, 6.45) is 9.91. The third-order valence-electron chi connectivity index (χ3n) is 4.92. The number of amides is 1. The summed E-state index contributed by atoms with van der Waals surface area (Å²) in [6, 6.07) is 0. The van der Waals surface area contributed by atoms with Gasteiger partial charge in [0.1, 0.15) is 5.78 Å². The van der Waals surface area contributed by atoms with Gasteiger partial charge in [0, 0.05) is 18.3 Å². The predicted molar refractivity (Wildman–Crippen MR) is 94.4 cm³/mol. The second kappa shape index (κ2) is 11.6. The Morgan fingerprint density at radius 1 is 1.04 bits per heavy atom. The SMILES string of the molecule is CC(C)C(=O)C1CCCCC1.NC(=O)CCOC1CCC(O)CC1. The first-order chi connectivity index (χ1) is 11.4. The summed E-state index contributed by atoms with van der Waals surface area (Å²) in [7, 11) is 0. The van der Waals surface area contributed by atoms with E-state index in [1.807, 2.05) is 13.8 Å². The molecule has 3 N–H and O–H groups in total. The standard InChI is InChI=1S/C10H18O.C9H17NO3/c1-8(2)10(11)9-6-4-3-5-7-9;10-9(12)5-6-13-8-3-1-7(11)2-4-8/h8-9H,3-7H2,1-2H3;7-8,11H,1-6H2,(H2,10,12). The molecule has 5 nitrogen and oxygen atoms in total. The Hall–Kier alpha value is -0.940. The van der Waals surface area contributed by atoms with E-state index in [1.165, 1.54) is 19.3 Å². The minimum atomic E-state index is -0.323. The fraction of sp³-hybridized carbons (Fsp3) is 0.895. The van der Waals surface area contributed by atoms with E-state index in [9.17, 15) is 14.7 Å². The average molecular weight is 341 g/mol. The van der Waals surface area contributed by atoms with Crippen molar-refractivity contribution in [2.24, 2.45) is 17.6 Å². The lowest BCUT2D eigenvalue weighted by molar-refractivity contribution is -0.126. The predicted octanol–water partition coefficient (Wildman–Crippen LogP) is 2.97. The number of aliphatic hydroxyl groups excluding tert-OH is 1. The average Bonchev–Trinajstić information content (AvgIpc) is 2.57. The summed E-state index contributed by atoms with van der Waals surface area (Å²) in [6.45, 7) is 4.43. The van der Waals surface area contributed by atoms with Crippen LogP contribution < -0.4 is 5.73 Å². The molecule has 0 unspecified atom stereocenters. The fourth-order valence-electron chi connectivity index (χ4n) is 3.40. The number of nitrogens with two attached hydrogens (primary N) is 1. The molecule has 0 radical (unpaired) electrons. The summed E-state index contributed by atoms with van der Waals surface area (Å²) in [5.41, 5.74) is 4.97. The quantitative estimate of drug-likeness (QED) is 0.777. The van der Waals surface area contributed by atoms with Gasteiger partial charge in [-0.15, -0.1) is 0 Å². The van der Waals surface area contributed by atoms with Crippen molar-refractivity contribution in [2.75, 3.05) is 6.61 Å². The van der Waals surface area contributed by atoms with E-state index in [0.717, 1.165) is 38.5 Å². The number of primary amides is 1. The molecule has 2 aliphatic rings. The highest BCUT2D eigenvalue weighted by Crippen LogP contribution is 2.26. The smallest absolute Gasteiger partial charge is 0.219 e. The molecular weight excluding hydrogens is 306 g/mol. The zero-order valence-corrected chi connectivity index (χ0v) is 15.3. The number of Topliss-reactive ketones (excluding diaryl/α,β-unsaturated/α-hetero) is 1. The minimum Gasteiger partial charge on any atom is -0.393 e. The van der Waals surface area contributed by atoms with Crippen LogP contribution in [0.1, 0.15) is 78.1 Å². The highest BCUT2D eigenvalue weighted by atomic mass is 16.5. The molecule has 0 saturated heterocycles. The maximum Gasteiger partial charge on any atom is 0.219 e. The Balaban J connectivity index is 0.000000243. The van der Waals surface area contributed by atoms with E-state index in [-0.39, 0.29) is 24.0 Å². The van der Waals surface area contributed by atoms with Crippen LogP contribution in [-0.4, -0.2) is 35.6 Å². The molecule has 0 heterocycles. The number of ether oxygens (including phenoxy) is 1. The third-order valence-corrected chi connectivity index (χ3v) is 4.92. The Kier molecular flexibility index (Phi) is 10.2. The number of ketones is 1. The van der Waals surface area contributed by atoms with Gasteiger partial charge < -0.3 is 15.6 Å².